The number of nitrogens with zero attached hydrogens (tertiary/aromatic N) is 1. The molecule has 4 nitrogen and oxygen atoms in total. The Labute approximate surface area is 126 Å². The molecule has 0 unspecified atom stereocenters. The molecule has 0 heterocycles. The molecular formula is C16H20N2O2S. The monoisotopic (exact) mass is 304 g/mol. The maximum absolute atomic E-state index is 12.2. The van der Waals surface area contributed by atoms with Gasteiger partial charge in [0.15, 0.2) is 0 Å². The fourth-order valence-corrected chi connectivity index (χ4v) is 2.53. The maximum Gasteiger partial charge on any atom is 0.282 e. The number of hydrogen-bond donors (Lipinski definition) is 1. The van der Waals surface area contributed by atoms with Gasteiger partial charge in [0.1, 0.15) is 0 Å². The van der Waals surface area contributed by atoms with Crippen LogP contribution in [0.15, 0.2) is 56.9 Å². The Morgan fingerprint density at radius 1 is 1.10 bits per heavy atom. The predicted octanol–water partition coefficient (Wildman–Crippen LogP) is 3.69. The van der Waals surface area contributed by atoms with Crippen LogP contribution < -0.4 is 0 Å². The second-order valence-corrected chi connectivity index (χ2v) is 6.47. The number of rotatable bonds is 5. The normalized spacial score (nSPS) is 14.2. The molecule has 0 saturated carbocycles. The summed E-state index contributed by atoms with van der Waals surface area (Å²) < 4.78 is 28.2. The molecule has 0 spiro atoms. The van der Waals surface area contributed by atoms with Crippen molar-refractivity contribution in [3.63, 3.8) is 0 Å². The molecule has 0 atom stereocenters. The molecule has 1 aromatic carbocycles. The summed E-state index contributed by atoms with van der Waals surface area (Å²) in [5, 5.41) is 7.09. The first-order valence-corrected chi connectivity index (χ1v) is 7.94. The van der Waals surface area contributed by atoms with Crippen LogP contribution >= 0.6 is 0 Å². The van der Waals surface area contributed by atoms with Crippen LogP contribution in [0.1, 0.15) is 26.3 Å². The molecule has 0 aromatic heterocycles. The summed E-state index contributed by atoms with van der Waals surface area (Å²) in [6.07, 6.45) is 4.74. The molecule has 0 radical (unpaired) electrons. The van der Waals surface area contributed by atoms with Crippen molar-refractivity contribution in [3.8, 4) is 0 Å². The average Bonchev–Trinajstić information content (AvgIpc) is 2.44. The molecule has 0 aliphatic rings. The van der Waals surface area contributed by atoms with E-state index in [1.807, 2.05) is 6.92 Å². The van der Waals surface area contributed by atoms with Crippen molar-refractivity contribution in [3.05, 3.63) is 53.1 Å². The van der Waals surface area contributed by atoms with Gasteiger partial charge in [-0.25, -0.2) is 0 Å². The van der Waals surface area contributed by atoms with E-state index in [9.17, 15) is 8.42 Å². The molecule has 5 heteroatoms. The third kappa shape index (κ3) is 5.11. The fourth-order valence-electron chi connectivity index (χ4n) is 1.44. The quantitative estimate of drug-likeness (QED) is 0.665. The second kappa shape index (κ2) is 7.13. The van der Waals surface area contributed by atoms with Gasteiger partial charge in [-0.3, -0.25) is 0 Å². The van der Waals surface area contributed by atoms with E-state index in [4.69, 9.17) is 5.41 Å². The average molecular weight is 304 g/mol. The lowest BCUT2D eigenvalue weighted by atomic mass is 10.1. The molecule has 0 aliphatic heterocycles. The van der Waals surface area contributed by atoms with Gasteiger partial charge in [-0.1, -0.05) is 29.8 Å². The highest BCUT2D eigenvalue weighted by Gasteiger charge is 2.12. The molecule has 1 rings (SSSR count). The van der Waals surface area contributed by atoms with E-state index in [0.29, 0.717) is 5.71 Å². The van der Waals surface area contributed by atoms with Crippen LogP contribution in [0.4, 0.5) is 0 Å². The summed E-state index contributed by atoms with van der Waals surface area (Å²) in [5.74, 6) is 0. The maximum atomic E-state index is 12.2. The number of hydrogen-bond acceptors (Lipinski definition) is 3. The minimum absolute atomic E-state index is 0.187. The Bertz CT molecular complexity index is 709. The third-order valence-corrected chi connectivity index (χ3v) is 4.35. The molecule has 0 saturated heterocycles. The number of benzene rings is 1. The summed E-state index contributed by atoms with van der Waals surface area (Å²) in [4.78, 5) is 0.187. The van der Waals surface area contributed by atoms with Crippen molar-refractivity contribution in [2.75, 3.05) is 0 Å². The Balaban J connectivity index is 3.10. The fraction of sp³-hybridized carbons (Fsp3) is 0.250. The van der Waals surface area contributed by atoms with Crippen molar-refractivity contribution in [1.29, 1.82) is 5.41 Å². The van der Waals surface area contributed by atoms with E-state index < -0.39 is 10.0 Å². The van der Waals surface area contributed by atoms with Gasteiger partial charge in [0.2, 0.25) is 0 Å². The first kappa shape index (κ1) is 17.0. The highest BCUT2D eigenvalue weighted by Crippen LogP contribution is 2.14. The molecule has 112 valence electrons. The van der Waals surface area contributed by atoms with Crippen molar-refractivity contribution in [2.45, 2.75) is 32.6 Å². The van der Waals surface area contributed by atoms with Crippen molar-refractivity contribution >= 4 is 21.9 Å². The highest BCUT2D eigenvalue weighted by atomic mass is 32.2. The SMILES string of the molecule is C/C(C=N)=C/C=C(C)\C(C)=N\S(=O)(=O)c1ccc(C)cc1. The molecule has 0 fully saturated rings. The van der Waals surface area contributed by atoms with Gasteiger partial charge in [0.05, 0.1) is 10.6 Å². The molecule has 0 amide bonds. The van der Waals surface area contributed by atoms with E-state index in [1.165, 1.54) is 6.21 Å². The van der Waals surface area contributed by atoms with Gasteiger partial charge in [0.25, 0.3) is 10.0 Å². The molecule has 1 N–H and O–H groups in total. The van der Waals surface area contributed by atoms with Crippen LogP contribution in [-0.2, 0) is 10.0 Å². The summed E-state index contributed by atoms with van der Waals surface area (Å²) in [5.41, 5.74) is 2.96. The van der Waals surface area contributed by atoms with E-state index >= 15 is 0 Å². The molecule has 0 bridgehead atoms. The van der Waals surface area contributed by atoms with Gasteiger partial charge in [0, 0.05) is 6.21 Å². The largest absolute Gasteiger partial charge is 0.308 e. The number of nitrogens with one attached hydrogen (secondary N) is 1. The lowest BCUT2D eigenvalue weighted by Crippen LogP contribution is -2.03. The van der Waals surface area contributed by atoms with E-state index in [1.54, 1.807) is 57.2 Å². The Hall–Kier alpha value is -2.01. The first-order chi connectivity index (χ1) is 9.76. The second-order valence-electron chi connectivity index (χ2n) is 4.87. The van der Waals surface area contributed by atoms with Gasteiger partial charge >= 0.3 is 0 Å². The van der Waals surface area contributed by atoms with E-state index in [2.05, 4.69) is 4.40 Å². The summed E-state index contributed by atoms with van der Waals surface area (Å²) in [6, 6.07) is 6.60. The smallest absolute Gasteiger partial charge is 0.282 e. The van der Waals surface area contributed by atoms with E-state index in [-0.39, 0.29) is 4.90 Å². The Morgan fingerprint density at radius 2 is 1.67 bits per heavy atom. The molecule has 1 aromatic rings. The highest BCUT2D eigenvalue weighted by molar-refractivity contribution is 7.90. The van der Waals surface area contributed by atoms with Crippen LogP contribution in [-0.4, -0.2) is 20.3 Å². The molecular weight excluding hydrogens is 284 g/mol. The summed E-state index contributed by atoms with van der Waals surface area (Å²) in [6.45, 7) is 7.14. The van der Waals surface area contributed by atoms with Crippen LogP contribution in [0, 0.1) is 12.3 Å². The Kier molecular flexibility index (Phi) is 5.79. The topological polar surface area (TPSA) is 70.3 Å². The van der Waals surface area contributed by atoms with Crippen molar-refractivity contribution in [2.24, 2.45) is 4.40 Å². The molecule has 21 heavy (non-hydrogen) atoms. The lowest BCUT2D eigenvalue weighted by molar-refractivity contribution is 0.598. The minimum Gasteiger partial charge on any atom is -0.308 e. The lowest BCUT2D eigenvalue weighted by Gasteiger charge is -2.03. The van der Waals surface area contributed by atoms with Gasteiger partial charge < -0.3 is 5.41 Å². The first-order valence-electron chi connectivity index (χ1n) is 6.50. The number of allylic oxidation sites excluding steroid dienone is 4. The standard InChI is InChI=1S/C16H20N2O2S/c1-12-6-9-16(10-7-12)21(19,20)18-15(4)14(3)8-5-13(2)11-17/h5-11,17H,1-4H3/b13-5-,14-8-,17-11?,18-15+. The van der Waals surface area contributed by atoms with Gasteiger partial charge in [-0.2, -0.15) is 12.8 Å². The van der Waals surface area contributed by atoms with Crippen LogP contribution in [0.2, 0.25) is 0 Å². The zero-order chi connectivity index (χ0) is 16.0. The van der Waals surface area contributed by atoms with Crippen LogP contribution in [0.5, 0.6) is 0 Å². The number of sulfonamides is 1. The van der Waals surface area contributed by atoms with Crippen molar-refractivity contribution < 1.29 is 8.42 Å². The minimum atomic E-state index is -3.68. The predicted molar refractivity (Wildman–Crippen MR) is 87.8 cm³/mol. The third-order valence-electron chi connectivity index (χ3n) is 2.97. The van der Waals surface area contributed by atoms with Crippen molar-refractivity contribution in [1.82, 2.24) is 0 Å². The summed E-state index contributed by atoms with van der Waals surface area (Å²) >= 11 is 0. The van der Waals surface area contributed by atoms with Crippen LogP contribution in [0.25, 0.3) is 0 Å². The summed E-state index contributed by atoms with van der Waals surface area (Å²) in [7, 11) is -3.68. The van der Waals surface area contributed by atoms with Crippen LogP contribution in [0.3, 0.4) is 0 Å². The van der Waals surface area contributed by atoms with Gasteiger partial charge in [-0.15, -0.1) is 0 Å². The molecule has 0 aliphatic carbocycles. The number of aryl methyl sites for hydroxylation is 1. The van der Waals surface area contributed by atoms with E-state index in [0.717, 1.165) is 16.7 Å². The van der Waals surface area contributed by atoms with Gasteiger partial charge in [-0.05, 0) is 51.0 Å². The zero-order valence-electron chi connectivity index (χ0n) is 12.7. The zero-order valence-corrected chi connectivity index (χ0v) is 13.5. The Morgan fingerprint density at radius 3 is 2.19 bits per heavy atom.